The number of aromatic nitrogens is 2. The molecule has 4 N–H and O–H groups in total. The fourth-order valence-electron chi connectivity index (χ4n) is 6.31. The first-order chi connectivity index (χ1) is 28.1. The molecule has 15 heteroatoms. The number of aliphatic imine (C=N–C) groups is 1. The highest BCUT2D eigenvalue weighted by molar-refractivity contribution is 6.31. The second-order valence-electron chi connectivity index (χ2n) is 12.8. The Balaban J connectivity index is 1.12. The van der Waals surface area contributed by atoms with Crippen LogP contribution in [-0.4, -0.2) is 74.9 Å². The van der Waals surface area contributed by atoms with E-state index in [2.05, 4.69) is 27.5 Å². The number of hydrogen-bond donors (Lipinski definition) is 3. The predicted octanol–water partition coefficient (Wildman–Crippen LogP) is 6.32. The van der Waals surface area contributed by atoms with E-state index in [0.717, 1.165) is 0 Å². The third-order valence-corrected chi connectivity index (χ3v) is 9.48. The van der Waals surface area contributed by atoms with Gasteiger partial charge in [-0.1, -0.05) is 35.6 Å². The highest BCUT2D eigenvalue weighted by atomic mass is 35.5. The van der Waals surface area contributed by atoms with Crippen molar-refractivity contribution in [2.24, 2.45) is 10.7 Å². The molecule has 0 bridgehead atoms. The van der Waals surface area contributed by atoms with Crippen LogP contribution in [0.15, 0.2) is 84.0 Å². The predicted molar refractivity (Wildman–Crippen MR) is 220 cm³/mol. The Morgan fingerprint density at radius 3 is 2.52 bits per heavy atom. The summed E-state index contributed by atoms with van der Waals surface area (Å²) in [5.41, 5.74) is 10.7. The van der Waals surface area contributed by atoms with Crippen molar-refractivity contribution in [2.45, 2.75) is 19.4 Å². The van der Waals surface area contributed by atoms with Crippen LogP contribution >= 0.6 is 11.6 Å². The minimum atomic E-state index is -0.548. The van der Waals surface area contributed by atoms with Gasteiger partial charge in [0.2, 0.25) is 11.9 Å². The van der Waals surface area contributed by atoms with Gasteiger partial charge in [0.15, 0.2) is 0 Å². The van der Waals surface area contributed by atoms with E-state index in [9.17, 15) is 14.4 Å². The minimum absolute atomic E-state index is 0.102. The molecular formula is C43H39ClFN7O6. The molecule has 58 heavy (non-hydrogen) atoms. The topological polar surface area (TPSA) is 170 Å². The summed E-state index contributed by atoms with van der Waals surface area (Å²) in [6.07, 6.45) is 2.16. The van der Waals surface area contributed by atoms with Gasteiger partial charge in [0.05, 0.1) is 62.5 Å². The number of nitrogens with two attached hydrogens (primary N) is 1. The van der Waals surface area contributed by atoms with E-state index in [1.807, 2.05) is 6.07 Å². The van der Waals surface area contributed by atoms with Crippen molar-refractivity contribution in [3.05, 3.63) is 123 Å². The first kappa shape index (κ1) is 40.8. The van der Waals surface area contributed by atoms with Gasteiger partial charge < -0.3 is 35.5 Å². The second kappa shape index (κ2) is 18.4. The molecule has 5 aromatic rings. The van der Waals surface area contributed by atoms with Crippen molar-refractivity contribution in [1.29, 1.82) is 0 Å². The molecule has 0 aliphatic carbocycles. The number of esters is 1. The number of fused-ring (bicyclic) bond motifs is 3. The van der Waals surface area contributed by atoms with Crippen molar-refractivity contribution in [3.63, 3.8) is 0 Å². The highest BCUT2D eigenvalue weighted by Gasteiger charge is 2.26. The van der Waals surface area contributed by atoms with Crippen molar-refractivity contribution in [2.75, 3.05) is 51.7 Å². The van der Waals surface area contributed by atoms with E-state index in [-0.39, 0.29) is 60.5 Å². The molecule has 0 atom stereocenters. The molecular weight excluding hydrogens is 765 g/mol. The normalized spacial score (nSPS) is 11.4. The zero-order chi connectivity index (χ0) is 41.3. The number of anilines is 3. The average Bonchev–Trinajstić information content (AvgIpc) is 3.39. The second-order valence-corrected chi connectivity index (χ2v) is 13.3. The number of nitrogens with one attached hydrogen (secondary N) is 2. The number of methoxy groups -OCH3 is 3. The number of carbonyl (C=O) groups is 3. The number of nitrogens with zero attached hydrogens (tertiary/aromatic N) is 4. The number of amides is 2. The Morgan fingerprint density at radius 2 is 1.76 bits per heavy atom. The zero-order valence-electron chi connectivity index (χ0n) is 32.1. The van der Waals surface area contributed by atoms with Crippen LogP contribution < -0.4 is 30.7 Å². The molecule has 2 amide bonds. The summed E-state index contributed by atoms with van der Waals surface area (Å²) >= 11 is 6.44. The van der Waals surface area contributed by atoms with Gasteiger partial charge >= 0.3 is 5.97 Å². The van der Waals surface area contributed by atoms with E-state index < -0.39 is 11.8 Å². The van der Waals surface area contributed by atoms with Gasteiger partial charge in [0.1, 0.15) is 17.3 Å². The first-order valence-electron chi connectivity index (χ1n) is 18.0. The summed E-state index contributed by atoms with van der Waals surface area (Å²) < 4.78 is 31.2. The lowest BCUT2D eigenvalue weighted by Gasteiger charge is -2.18. The molecule has 0 fully saturated rings. The van der Waals surface area contributed by atoms with E-state index in [0.29, 0.717) is 68.0 Å². The zero-order valence-corrected chi connectivity index (χ0v) is 32.9. The number of halogens is 2. The quantitative estimate of drug-likeness (QED) is 0.0737. The molecule has 1 aromatic heterocycles. The largest absolute Gasteiger partial charge is 0.496 e. The fraction of sp³-hybridized carbons (Fsp3) is 0.209. The summed E-state index contributed by atoms with van der Waals surface area (Å²) in [4.78, 5) is 54.0. The van der Waals surface area contributed by atoms with Crippen LogP contribution in [0.1, 0.15) is 55.8 Å². The number of hydrogen-bond acceptors (Lipinski definition) is 11. The maximum Gasteiger partial charge on any atom is 0.339 e. The maximum atomic E-state index is 15.3. The SMILES string of the molecule is COC(=O)c1ccc(N(C)C(=O)CCCNC(=O)c2ccc(Nc3ncc4c(n3)-c3ccc(Cl)cc3C(c3c(F)cccc3OC)=NC4)cc2OC)cc1C#CCN. The molecule has 0 saturated carbocycles. The van der Waals surface area contributed by atoms with Crippen LogP contribution in [0.25, 0.3) is 11.3 Å². The van der Waals surface area contributed by atoms with Crippen molar-refractivity contribution in [3.8, 4) is 34.6 Å². The molecule has 2 heterocycles. The van der Waals surface area contributed by atoms with Crippen LogP contribution in [0, 0.1) is 17.7 Å². The van der Waals surface area contributed by atoms with Crippen LogP contribution in [0.3, 0.4) is 0 Å². The van der Waals surface area contributed by atoms with Crippen LogP contribution in [0.2, 0.25) is 5.02 Å². The Kier molecular flexibility index (Phi) is 13.0. The lowest BCUT2D eigenvalue weighted by Crippen LogP contribution is -2.29. The highest BCUT2D eigenvalue weighted by Crippen LogP contribution is 2.36. The molecule has 0 saturated heterocycles. The van der Waals surface area contributed by atoms with Gasteiger partial charge in [-0.15, -0.1) is 0 Å². The molecule has 0 spiro atoms. The summed E-state index contributed by atoms with van der Waals surface area (Å²) in [5.74, 6) is 4.86. The fourth-order valence-corrected chi connectivity index (χ4v) is 6.49. The number of rotatable bonds is 12. The smallest absolute Gasteiger partial charge is 0.339 e. The van der Waals surface area contributed by atoms with Gasteiger partial charge in [0.25, 0.3) is 5.91 Å². The lowest BCUT2D eigenvalue weighted by atomic mass is 9.94. The number of benzene rings is 4. The van der Waals surface area contributed by atoms with E-state index in [1.54, 1.807) is 73.9 Å². The van der Waals surface area contributed by atoms with Gasteiger partial charge in [-0.2, -0.15) is 0 Å². The Labute approximate surface area is 339 Å². The van der Waals surface area contributed by atoms with E-state index >= 15 is 4.39 Å². The monoisotopic (exact) mass is 803 g/mol. The van der Waals surface area contributed by atoms with Crippen molar-refractivity contribution < 1.29 is 33.0 Å². The molecule has 296 valence electrons. The molecule has 6 rings (SSSR count). The Bertz CT molecular complexity index is 2500. The lowest BCUT2D eigenvalue weighted by molar-refractivity contribution is -0.118. The summed E-state index contributed by atoms with van der Waals surface area (Å²) in [5, 5.41) is 6.48. The Hall–Kier alpha value is -6.82. The molecule has 1 aliphatic rings. The molecule has 13 nitrogen and oxygen atoms in total. The standard InChI is InChI=1S/C43H39ClFN7O6/c1-52(29-14-17-30(42(55)58-4)25(20-29)8-6-18-46)37(53)11-7-19-47-41(54)32-16-13-28(22-36(32)57-3)50-43-49-24-26-23-48-40(38-34(45)9-5-10-35(38)56-2)33-21-27(44)12-15-31(33)39(26)51-43/h5,9-10,12-17,20-22,24H,7,11,18-19,23,46H2,1-4H3,(H,47,54)(H,49,50,51). The van der Waals surface area contributed by atoms with Crippen molar-refractivity contribution in [1.82, 2.24) is 15.3 Å². The maximum absolute atomic E-state index is 15.3. The first-order valence-corrected chi connectivity index (χ1v) is 18.4. The Morgan fingerprint density at radius 1 is 0.966 bits per heavy atom. The van der Waals surface area contributed by atoms with Gasteiger partial charge in [-0.05, 0) is 61.0 Å². The molecule has 0 radical (unpaired) electrons. The van der Waals surface area contributed by atoms with Gasteiger partial charge in [-0.25, -0.2) is 19.2 Å². The third-order valence-electron chi connectivity index (χ3n) is 9.25. The summed E-state index contributed by atoms with van der Waals surface area (Å²) in [6.45, 7) is 0.501. The van der Waals surface area contributed by atoms with Gasteiger partial charge in [-0.3, -0.25) is 14.6 Å². The van der Waals surface area contributed by atoms with Crippen LogP contribution in [0.4, 0.5) is 21.7 Å². The molecule has 1 aliphatic heterocycles. The third kappa shape index (κ3) is 8.91. The van der Waals surface area contributed by atoms with E-state index in [4.69, 9.17) is 41.5 Å². The summed E-state index contributed by atoms with van der Waals surface area (Å²) in [6, 6.07) is 19.6. The average molecular weight is 804 g/mol. The number of ether oxygens (including phenoxy) is 3. The summed E-state index contributed by atoms with van der Waals surface area (Å²) in [7, 11) is 5.83. The molecule has 0 unspecified atom stereocenters. The minimum Gasteiger partial charge on any atom is -0.496 e. The number of carbonyl (C=O) groups excluding carboxylic acids is 3. The van der Waals surface area contributed by atoms with Crippen molar-refractivity contribution >= 4 is 52.4 Å². The molecule has 4 aromatic carbocycles. The van der Waals surface area contributed by atoms with Crippen LogP contribution in [-0.2, 0) is 16.1 Å². The van der Waals surface area contributed by atoms with Gasteiger partial charge in [0, 0.05) is 70.9 Å². The van der Waals surface area contributed by atoms with Crippen LogP contribution in [0.5, 0.6) is 11.5 Å². The van der Waals surface area contributed by atoms with E-state index in [1.165, 1.54) is 32.3 Å².